The van der Waals surface area contributed by atoms with E-state index < -0.39 is 12.1 Å². The van der Waals surface area contributed by atoms with Crippen molar-refractivity contribution in [3.8, 4) is 0 Å². The van der Waals surface area contributed by atoms with E-state index in [1.54, 1.807) is 14.0 Å². The average Bonchev–Trinajstić information content (AvgIpc) is 2.47. The lowest BCUT2D eigenvalue weighted by molar-refractivity contribution is 0.0689. The standard InChI is InChI=1S/C9H15N3O3/c1-6(13)4-10-5-7-3-8(9(14)15)11-12(7)2/h3,6,10,13H,4-5H2,1-2H3,(H,14,15)/t6-/m0/s1. The molecule has 1 atom stereocenters. The van der Waals surface area contributed by atoms with Crippen molar-refractivity contribution in [2.45, 2.75) is 19.6 Å². The first-order valence-corrected chi connectivity index (χ1v) is 4.65. The average molecular weight is 213 g/mol. The predicted octanol–water partition coefficient (Wildman–Crippen LogP) is -0.411. The molecule has 0 bridgehead atoms. The Kier molecular flexibility index (Phi) is 3.81. The molecule has 0 saturated carbocycles. The number of aliphatic hydroxyl groups is 1. The van der Waals surface area contributed by atoms with Crippen LogP contribution in [-0.4, -0.2) is 38.6 Å². The molecule has 1 heterocycles. The van der Waals surface area contributed by atoms with Gasteiger partial charge in [0.25, 0.3) is 0 Å². The van der Waals surface area contributed by atoms with Gasteiger partial charge in [-0.1, -0.05) is 0 Å². The molecule has 15 heavy (non-hydrogen) atoms. The maximum atomic E-state index is 10.6. The lowest BCUT2D eigenvalue weighted by Crippen LogP contribution is -2.24. The summed E-state index contributed by atoms with van der Waals surface area (Å²) in [7, 11) is 1.69. The maximum absolute atomic E-state index is 10.6. The molecule has 0 fully saturated rings. The molecule has 0 aliphatic carbocycles. The Hall–Kier alpha value is -1.40. The van der Waals surface area contributed by atoms with Crippen LogP contribution in [0.5, 0.6) is 0 Å². The number of aromatic nitrogens is 2. The molecule has 0 aromatic carbocycles. The van der Waals surface area contributed by atoms with Crippen LogP contribution in [-0.2, 0) is 13.6 Å². The Balaban J connectivity index is 2.57. The van der Waals surface area contributed by atoms with E-state index in [-0.39, 0.29) is 5.69 Å². The van der Waals surface area contributed by atoms with Crippen LogP contribution in [0.3, 0.4) is 0 Å². The van der Waals surface area contributed by atoms with Gasteiger partial charge in [-0.05, 0) is 13.0 Å². The van der Waals surface area contributed by atoms with Crippen molar-refractivity contribution >= 4 is 5.97 Å². The number of hydrogen-bond acceptors (Lipinski definition) is 4. The van der Waals surface area contributed by atoms with Crippen molar-refractivity contribution in [1.29, 1.82) is 0 Å². The third-order valence-electron chi connectivity index (χ3n) is 1.94. The number of nitrogens with one attached hydrogen (secondary N) is 1. The predicted molar refractivity (Wildman–Crippen MR) is 53.6 cm³/mol. The fourth-order valence-corrected chi connectivity index (χ4v) is 1.19. The highest BCUT2D eigenvalue weighted by molar-refractivity contribution is 5.85. The Morgan fingerprint density at radius 2 is 2.40 bits per heavy atom. The van der Waals surface area contributed by atoms with E-state index in [2.05, 4.69) is 10.4 Å². The van der Waals surface area contributed by atoms with Crippen molar-refractivity contribution in [3.63, 3.8) is 0 Å². The van der Waals surface area contributed by atoms with Crippen LogP contribution >= 0.6 is 0 Å². The number of aromatic carboxylic acids is 1. The monoisotopic (exact) mass is 213 g/mol. The summed E-state index contributed by atoms with van der Waals surface area (Å²) in [5.74, 6) is -1.03. The van der Waals surface area contributed by atoms with Crippen LogP contribution in [0.2, 0.25) is 0 Å². The van der Waals surface area contributed by atoms with Crippen LogP contribution in [0, 0.1) is 0 Å². The van der Waals surface area contributed by atoms with Gasteiger partial charge in [-0.25, -0.2) is 4.79 Å². The lowest BCUT2D eigenvalue weighted by atomic mass is 10.3. The first-order valence-electron chi connectivity index (χ1n) is 4.65. The molecule has 0 radical (unpaired) electrons. The van der Waals surface area contributed by atoms with E-state index in [0.717, 1.165) is 5.69 Å². The summed E-state index contributed by atoms with van der Waals surface area (Å²) in [6, 6.07) is 1.51. The lowest BCUT2D eigenvalue weighted by Gasteiger charge is -2.06. The van der Waals surface area contributed by atoms with Gasteiger partial charge in [0.05, 0.1) is 11.8 Å². The minimum atomic E-state index is -1.03. The number of nitrogens with zero attached hydrogens (tertiary/aromatic N) is 2. The number of aliphatic hydroxyl groups excluding tert-OH is 1. The van der Waals surface area contributed by atoms with Gasteiger partial charge in [0.15, 0.2) is 5.69 Å². The zero-order valence-electron chi connectivity index (χ0n) is 8.77. The second kappa shape index (κ2) is 4.90. The number of carboxylic acid groups (broad SMARTS) is 1. The number of rotatable bonds is 5. The van der Waals surface area contributed by atoms with Gasteiger partial charge in [0, 0.05) is 20.1 Å². The SMILES string of the molecule is C[C@H](O)CNCc1cc(C(=O)O)nn1C. The molecular weight excluding hydrogens is 198 g/mol. The minimum absolute atomic E-state index is 0.0337. The van der Waals surface area contributed by atoms with Crippen molar-refractivity contribution in [2.75, 3.05) is 6.54 Å². The Morgan fingerprint density at radius 3 is 2.87 bits per heavy atom. The van der Waals surface area contributed by atoms with E-state index in [1.807, 2.05) is 0 Å². The van der Waals surface area contributed by atoms with Crippen LogP contribution in [0.15, 0.2) is 6.07 Å². The van der Waals surface area contributed by atoms with Crippen molar-refractivity contribution < 1.29 is 15.0 Å². The Bertz CT molecular complexity index is 346. The van der Waals surface area contributed by atoms with E-state index in [1.165, 1.54) is 10.7 Å². The van der Waals surface area contributed by atoms with Crippen LogP contribution in [0.1, 0.15) is 23.1 Å². The van der Waals surface area contributed by atoms with Gasteiger partial charge >= 0.3 is 5.97 Å². The van der Waals surface area contributed by atoms with Gasteiger partial charge < -0.3 is 15.5 Å². The summed E-state index contributed by atoms with van der Waals surface area (Å²) in [4.78, 5) is 10.6. The van der Waals surface area contributed by atoms with Gasteiger partial charge in [-0.2, -0.15) is 5.10 Å². The van der Waals surface area contributed by atoms with E-state index in [4.69, 9.17) is 10.2 Å². The van der Waals surface area contributed by atoms with E-state index in [0.29, 0.717) is 13.1 Å². The van der Waals surface area contributed by atoms with E-state index in [9.17, 15) is 4.79 Å². The van der Waals surface area contributed by atoms with Gasteiger partial charge in [-0.15, -0.1) is 0 Å². The molecule has 0 saturated heterocycles. The van der Waals surface area contributed by atoms with E-state index >= 15 is 0 Å². The maximum Gasteiger partial charge on any atom is 0.356 e. The summed E-state index contributed by atoms with van der Waals surface area (Å²) >= 11 is 0. The fourth-order valence-electron chi connectivity index (χ4n) is 1.19. The van der Waals surface area contributed by atoms with Crippen LogP contribution < -0.4 is 5.32 Å². The topological polar surface area (TPSA) is 87.4 Å². The smallest absolute Gasteiger partial charge is 0.356 e. The fraction of sp³-hybridized carbons (Fsp3) is 0.556. The second-order valence-corrected chi connectivity index (χ2v) is 3.43. The molecular formula is C9H15N3O3. The molecule has 0 aliphatic rings. The van der Waals surface area contributed by atoms with Gasteiger partial charge in [-0.3, -0.25) is 4.68 Å². The van der Waals surface area contributed by atoms with Crippen molar-refractivity contribution in [1.82, 2.24) is 15.1 Å². The van der Waals surface area contributed by atoms with Gasteiger partial charge in [0.2, 0.25) is 0 Å². The molecule has 0 spiro atoms. The molecule has 1 rings (SSSR count). The Labute approximate surface area is 87.5 Å². The second-order valence-electron chi connectivity index (χ2n) is 3.43. The quantitative estimate of drug-likeness (QED) is 0.619. The highest BCUT2D eigenvalue weighted by atomic mass is 16.4. The van der Waals surface area contributed by atoms with Crippen molar-refractivity contribution in [3.05, 3.63) is 17.5 Å². The highest BCUT2D eigenvalue weighted by Gasteiger charge is 2.10. The highest BCUT2D eigenvalue weighted by Crippen LogP contribution is 2.02. The molecule has 0 aliphatic heterocycles. The zero-order valence-corrected chi connectivity index (χ0v) is 8.77. The normalized spacial score (nSPS) is 12.7. The molecule has 1 aromatic rings. The third-order valence-corrected chi connectivity index (χ3v) is 1.94. The summed E-state index contributed by atoms with van der Waals surface area (Å²) in [5.41, 5.74) is 0.805. The number of carboxylic acids is 1. The largest absolute Gasteiger partial charge is 0.476 e. The molecule has 0 amide bonds. The first kappa shape index (κ1) is 11.7. The molecule has 0 unspecified atom stereocenters. The van der Waals surface area contributed by atoms with Gasteiger partial charge in [0.1, 0.15) is 0 Å². The molecule has 3 N–H and O–H groups in total. The molecule has 6 nitrogen and oxygen atoms in total. The first-order chi connectivity index (χ1) is 7.00. The van der Waals surface area contributed by atoms with Crippen LogP contribution in [0.4, 0.5) is 0 Å². The molecule has 1 aromatic heterocycles. The Morgan fingerprint density at radius 1 is 1.73 bits per heavy atom. The number of aryl methyl sites for hydroxylation is 1. The number of hydrogen-bond donors (Lipinski definition) is 3. The molecule has 6 heteroatoms. The molecule has 84 valence electrons. The minimum Gasteiger partial charge on any atom is -0.476 e. The zero-order chi connectivity index (χ0) is 11.4. The third kappa shape index (κ3) is 3.34. The summed E-state index contributed by atoms with van der Waals surface area (Å²) in [6.07, 6.45) is -0.419. The number of carbonyl (C=O) groups is 1. The van der Waals surface area contributed by atoms with Crippen LogP contribution in [0.25, 0.3) is 0 Å². The van der Waals surface area contributed by atoms with Crippen molar-refractivity contribution in [2.24, 2.45) is 7.05 Å². The summed E-state index contributed by atoms with van der Waals surface area (Å²) in [6.45, 7) is 2.63. The summed E-state index contributed by atoms with van der Waals surface area (Å²) < 4.78 is 1.51. The summed E-state index contributed by atoms with van der Waals surface area (Å²) in [5, 5.41) is 24.5.